The fraction of sp³-hybridized carbons (Fsp3) is 0.538. The molecular weight excluding hydrogens is 278 g/mol. The second-order valence-electron chi connectivity index (χ2n) is 5.13. The number of hydrogen-bond donors (Lipinski definition) is 1. The number of aliphatic imine (C=N–C) groups is 1. The van der Waals surface area contributed by atoms with Gasteiger partial charge in [-0.3, -0.25) is 4.79 Å². The monoisotopic (exact) mass is 293 g/mol. The molecule has 2 aliphatic heterocycles. The van der Waals surface area contributed by atoms with Crippen molar-refractivity contribution >= 4 is 39.2 Å². The number of nitrogens with one attached hydrogen (secondary N) is 1. The number of rotatable bonds is 0. The van der Waals surface area contributed by atoms with Crippen molar-refractivity contribution in [3.8, 4) is 0 Å². The fourth-order valence-corrected chi connectivity index (χ4v) is 5.12. The van der Waals surface area contributed by atoms with Gasteiger partial charge >= 0.3 is 0 Å². The average molecular weight is 293 g/mol. The summed E-state index contributed by atoms with van der Waals surface area (Å²) in [4.78, 5) is 20.1. The first kappa shape index (κ1) is 11.8. The SMILES string of the molecule is CSC1=Nc2sc3c(c2C2NC(=O)CN12)CCCC3. The molecule has 1 aromatic heterocycles. The van der Waals surface area contributed by atoms with Crippen LogP contribution in [0.2, 0.25) is 0 Å². The van der Waals surface area contributed by atoms with Crippen LogP contribution in [0.1, 0.15) is 35.0 Å². The number of thioether (sulfide) groups is 1. The molecule has 1 unspecified atom stereocenters. The van der Waals surface area contributed by atoms with Crippen molar-refractivity contribution in [1.29, 1.82) is 0 Å². The number of nitrogens with zero attached hydrogens (tertiary/aromatic N) is 2. The van der Waals surface area contributed by atoms with Crippen LogP contribution in [0, 0.1) is 0 Å². The molecule has 0 saturated carbocycles. The Hall–Kier alpha value is -1.01. The van der Waals surface area contributed by atoms with Crippen LogP contribution in [0.4, 0.5) is 5.00 Å². The van der Waals surface area contributed by atoms with Gasteiger partial charge in [-0.25, -0.2) is 4.99 Å². The highest BCUT2D eigenvalue weighted by Gasteiger charge is 2.40. The highest BCUT2D eigenvalue weighted by molar-refractivity contribution is 8.13. The molecule has 4 rings (SSSR count). The van der Waals surface area contributed by atoms with E-state index in [2.05, 4.69) is 10.2 Å². The minimum atomic E-state index is 0.0283. The first-order chi connectivity index (χ1) is 9.28. The zero-order valence-corrected chi connectivity index (χ0v) is 12.4. The molecule has 1 saturated heterocycles. The number of hydrogen-bond acceptors (Lipinski definition) is 5. The van der Waals surface area contributed by atoms with E-state index in [0.717, 1.165) is 16.6 Å². The van der Waals surface area contributed by atoms with Crippen LogP contribution in [0.5, 0.6) is 0 Å². The molecule has 19 heavy (non-hydrogen) atoms. The lowest BCUT2D eigenvalue weighted by molar-refractivity contribution is -0.118. The van der Waals surface area contributed by atoms with E-state index in [1.54, 1.807) is 11.8 Å². The molecule has 0 aromatic carbocycles. The highest BCUT2D eigenvalue weighted by atomic mass is 32.2. The van der Waals surface area contributed by atoms with E-state index < -0.39 is 0 Å². The lowest BCUT2D eigenvalue weighted by Crippen LogP contribution is -2.34. The van der Waals surface area contributed by atoms with Gasteiger partial charge in [0.25, 0.3) is 0 Å². The predicted octanol–water partition coefficient (Wildman–Crippen LogP) is 2.42. The summed E-state index contributed by atoms with van der Waals surface area (Å²) in [6, 6.07) is 0. The van der Waals surface area contributed by atoms with Crippen LogP contribution in [0.3, 0.4) is 0 Å². The zero-order valence-electron chi connectivity index (χ0n) is 10.7. The van der Waals surface area contributed by atoms with Crippen LogP contribution in [-0.2, 0) is 17.6 Å². The van der Waals surface area contributed by atoms with Gasteiger partial charge in [-0.05, 0) is 37.5 Å². The summed E-state index contributed by atoms with van der Waals surface area (Å²) in [5, 5.41) is 5.20. The van der Waals surface area contributed by atoms with E-state index in [1.165, 1.54) is 35.3 Å². The summed E-state index contributed by atoms with van der Waals surface area (Å²) in [6.07, 6.45) is 6.92. The molecule has 0 bridgehead atoms. The summed E-state index contributed by atoms with van der Waals surface area (Å²) in [5.74, 6) is 0.107. The number of thiophene rings is 1. The van der Waals surface area contributed by atoms with Gasteiger partial charge in [-0.15, -0.1) is 11.3 Å². The molecule has 6 heteroatoms. The molecule has 1 aromatic rings. The second kappa shape index (κ2) is 4.24. The lowest BCUT2D eigenvalue weighted by Gasteiger charge is -2.30. The molecular formula is C13H15N3OS2. The van der Waals surface area contributed by atoms with Crippen molar-refractivity contribution in [1.82, 2.24) is 10.2 Å². The van der Waals surface area contributed by atoms with Gasteiger partial charge in [0.05, 0.1) is 0 Å². The molecule has 1 atom stereocenters. The Morgan fingerprint density at radius 1 is 1.42 bits per heavy atom. The standard InChI is InChI=1S/C13H15N3OS2/c1-18-13-15-12-10(11-14-9(17)6-16(11)13)7-4-2-3-5-8(7)19-12/h11H,2-6H2,1H3,(H,14,17). The molecule has 1 fully saturated rings. The van der Waals surface area contributed by atoms with Crippen LogP contribution < -0.4 is 5.32 Å². The van der Waals surface area contributed by atoms with E-state index in [4.69, 9.17) is 4.99 Å². The Kier molecular flexibility index (Phi) is 2.63. The number of carbonyl (C=O) groups excluding carboxylic acids is 1. The Balaban J connectivity index is 1.89. The summed E-state index contributed by atoms with van der Waals surface area (Å²) >= 11 is 3.45. The van der Waals surface area contributed by atoms with Gasteiger partial charge in [0.2, 0.25) is 5.91 Å². The van der Waals surface area contributed by atoms with Crippen molar-refractivity contribution in [3.63, 3.8) is 0 Å². The topological polar surface area (TPSA) is 44.7 Å². The van der Waals surface area contributed by atoms with Gasteiger partial charge in [-0.2, -0.15) is 0 Å². The smallest absolute Gasteiger partial charge is 0.241 e. The molecule has 1 amide bonds. The number of amides is 1. The Labute approximate surface area is 120 Å². The molecule has 0 radical (unpaired) electrons. The largest absolute Gasteiger partial charge is 0.330 e. The van der Waals surface area contributed by atoms with Gasteiger partial charge < -0.3 is 10.2 Å². The number of amidine groups is 1. The molecule has 100 valence electrons. The quantitative estimate of drug-likeness (QED) is 0.799. The molecule has 4 nitrogen and oxygen atoms in total. The molecule has 3 heterocycles. The summed E-state index contributed by atoms with van der Waals surface area (Å²) in [6.45, 7) is 0.439. The first-order valence-electron chi connectivity index (χ1n) is 6.61. The fourth-order valence-electron chi connectivity index (χ4n) is 3.18. The normalized spacial score (nSPS) is 24.5. The van der Waals surface area contributed by atoms with Gasteiger partial charge in [0, 0.05) is 10.4 Å². The number of aryl methyl sites for hydroxylation is 1. The van der Waals surface area contributed by atoms with Crippen LogP contribution in [-0.4, -0.2) is 28.8 Å². The summed E-state index contributed by atoms with van der Waals surface area (Å²) in [7, 11) is 0. The third kappa shape index (κ3) is 1.66. The maximum Gasteiger partial charge on any atom is 0.241 e. The van der Waals surface area contributed by atoms with Crippen molar-refractivity contribution < 1.29 is 4.79 Å². The van der Waals surface area contributed by atoms with E-state index in [-0.39, 0.29) is 12.1 Å². The minimum absolute atomic E-state index is 0.0283. The molecule has 0 spiro atoms. The first-order valence-corrected chi connectivity index (χ1v) is 8.65. The third-order valence-corrected chi connectivity index (χ3v) is 5.91. The van der Waals surface area contributed by atoms with Gasteiger partial charge in [0.1, 0.15) is 17.7 Å². The molecule has 1 aliphatic carbocycles. The van der Waals surface area contributed by atoms with Crippen LogP contribution >= 0.6 is 23.1 Å². The summed E-state index contributed by atoms with van der Waals surface area (Å²) in [5.41, 5.74) is 2.75. The Morgan fingerprint density at radius 2 is 2.26 bits per heavy atom. The van der Waals surface area contributed by atoms with E-state index in [9.17, 15) is 4.79 Å². The predicted molar refractivity (Wildman–Crippen MR) is 79.2 cm³/mol. The van der Waals surface area contributed by atoms with E-state index >= 15 is 0 Å². The minimum Gasteiger partial charge on any atom is -0.330 e. The highest BCUT2D eigenvalue weighted by Crippen LogP contribution is 2.47. The zero-order chi connectivity index (χ0) is 13.0. The second-order valence-corrected chi connectivity index (χ2v) is 6.98. The average Bonchev–Trinajstić information content (AvgIpc) is 2.96. The maximum absolute atomic E-state index is 11.8. The van der Waals surface area contributed by atoms with Crippen LogP contribution in [0.15, 0.2) is 4.99 Å². The van der Waals surface area contributed by atoms with Crippen LogP contribution in [0.25, 0.3) is 0 Å². The van der Waals surface area contributed by atoms with Gasteiger partial charge in [-0.1, -0.05) is 11.8 Å². The Bertz CT molecular complexity index is 593. The molecule has 3 aliphatic rings. The third-order valence-electron chi connectivity index (χ3n) is 4.01. The Morgan fingerprint density at radius 3 is 3.11 bits per heavy atom. The van der Waals surface area contributed by atoms with Crippen molar-refractivity contribution in [3.05, 3.63) is 16.0 Å². The lowest BCUT2D eigenvalue weighted by atomic mass is 9.94. The maximum atomic E-state index is 11.8. The van der Waals surface area contributed by atoms with Crippen molar-refractivity contribution in [2.24, 2.45) is 4.99 Å². The molecule has 1 N–H and O–H groups in total. The van der Waals surface area contributed by atoms with Gasteiger partial charge in [0.15, 0.2) is 5.17 Å². The van der Waals surface area contributed by atoms with Crippen molar-refractivity contribution in [2.75, 3.05) is 12.8 Å². The number of carbonyl (C=O) groups is 1. The van der Waals surface area contributed by atoms with Crippen molar-refractivity contribution in [2.45, 2.75) is 31.8 Å². The van der Waals surface area contributed by atoms with E-state index in [1.807, 2.05) is 17.6 Å². The number of fused-ring (bicyclic) bond motifs is 5. The van der Waals surface area contributed by atoms with E-state index in [0.29, 0.717) is 6.54 Å². The summed E-state index contributed by atoms with van der Waals surface area (Å²) < 4.78 is 0.